The summed E-state index contributed by atoms with van der Waals surface area (Å²) in [7, 11) is 0. The van der Waals surface area contributed by atoms with Crippen molar-refractivity contribution >= 4 is 0 Å². The molecule has 0 aliphatic carbocycles. The van der Waals surface area contributed by atoms with Crippen LogP contribution in [0, 0.1) is 5.82 Å². The third-order valence-electron chi connectivity index (χ3n) is 3.47. The Morgan fingerprint density at radius 3 is 2.89 bits per heavy atom. The van der Waals surface area contributed by atoms with Crippen molar-refractivity contribution in [3.63, 3.8) is 0 Å². The Balaban J connectivity index is 2.02. The monoisotopic (exact) mass is 252 g/mol. The van der Waals surface area contributed by atoms with Crippen molar-refractivity contribution in [3.05, 3.63) is 35.6 Å². The molecule has 0 saturated carbocycles. The van der Waals surface area contributed by atoms with Crippen LogP contribution in [0.3, 0.4) is 0 Å². The molecule has 0 radical (unpaired) electrons. The lowest BCUT2D eigenvalue weighted by atomic mass is 10.1. The molecule has 2 N–H and O–H groups in total. The molecule has 1 aromatic rings. The average molecular weight is 252 g/mol. The summed E-state index contributed by atoms with van der Waals surface area (Å²) in [5, 5.41) is 0. The number of morpholine rings is 1. The predicted molar refractivity (Wildman–Crippen MR) is 69.8 cm³/mol. The van der Waals surface area contributed by atoms with E-state index in [4.69, 9.17) is 10.5 Å². The minimum absolute atomic E-state index is 0.217. The second kappa shape index (κ2) is 5.78. The van der Waals surface area contributed by atoms with E-state index in [1.54, 1.807) is 12.1 Å². The summed E-state index contributed by atoms with van der Waals surface area (Å²) in [6.45, 7) is 6.39. The molecule has 4 heteroatoms. The molecule has 0 bridgehead atoms. The van der Waals surface area contributed by atoms with Crippen molar-refractivity contribution in [3.8, 4) is 0 Å². The van der Waals surface area contributed by atoms with Crippen LogP contribution in [0.4, 0.5) is 4.39 Å². The average Bonchev–Trinajstić information content (AvgIpc) is 2.34. The second-order valence-electron chi connectivity index (χ2n) is 5.07. The van der Waals surface area contributed by atoms with Crippen molar-refractivity contribution in [2.75, 3.05) is 19.7 Å². The normalized spacial score (nSPS) is 27.1. The first-order chi connectivity index (χ1) is 8.58. The highest BCUT2D eigenvalue weighted by atomic mass is 19.1. The molecule has 2 rings (SSSR count). The van der Waals surface area contributed by atoms with E-state index < -0.39 is 0 Å². The number of nitrogens with zero attached hydrogens (tertiary/aromatic N) is 1. The molecule has 1 heterocycles. The summed E-state index contributed by atoms with van der Waals surface area (Å²) in [5.74, 6) is -0.223. The summed E-state index contributed by atoms with van der Waals surface area (Å²) in [6.07, 6.45) is 0.217. The number of hydrogen-bond acceptors (Lipinski definition) is 3. The highest BCUT2D eigenvalue weighted by Gasteiger charge is 2.25. The Morgan fingerprint density at radius 1 is 1.44 bits per heavy atom. The fourth-order valence-corrected chi connectivity index (χ4v) is 2.35. The van der Waals surface area contributed by atoms with Gasteiger partial charge in [-0.25, -0.2) is 4.39 Å². The van der Waals surface area contributed by atoms with Gasteiger partial charge in [0.1, 0.15) is 5.82 Å². The van der Waals surface area contributed by atoms with Gasteiger partial charge >= 0.3 is 0 Å². The molecule has 1 fully saturated rings. The van der Waals surface area contributed by atoms with E-state index >= 15 is 0 Å². The van der Waals surface area contributed by atoms with Gasteiger partial charge in [0.05, 0.1) is 12.7 Å². The van der Waals surface area contributed by atoms with Gasteiger partial charge in [-0.05, 0) is 19.9 Å². The standard InChI is InChI=1S/C14H21FN2O/c1-10-9-18-11(2)7-17(10)8-14(16)12-5-3-4-6-13(12)15/h3-6,10-11,14H,7-9,16H2,1-2H3. The van der Waals surface area contributed by atoms with Crippen molar-refractivity contribution in [2.45, 2.75) is 32.0 Å². The van der Waals surface area contributed by atoms with Gasteiger partial charge in [0.15, 0.2) is 0 Å². The van der Waals surface area contributed by atoms with Crippen molar-refractivity contribution < 1.29 is 9.13 Å². The van der Waals surface area contributed by atoms with Crippen LogP contribution in [0.15, 0.2) is 24.3 Å². The zero-order chi connectivity index (χ0) is 13.1. The summed E-state index contributed by atoms with van der Waals surface area (Å²) in [6, 6.07) is 6.77. The minimum atomic E-state index is -0.293. The fraction of sp³-hybridized carbons (Fsp3) is 0.571. The van der Waals surface area contributed by atoms with E-state index in [1.807, 2.05) is 13.0 Å². The molecule has 1 aliphatic rings. The highest BCUT2D eigenvalue weighted by Crippen LogP contribution is 2.19. The van der Waals surface area contributed by atoms with Crippen LogP contribution in [0.2, 0.25) is 0 Å². The molecule has 3 nitrogen and oxygen atoms in total. The van der Waals surface area contributed by atoms with E-state index in [0.717, 1.165) is 6.54 Å². The molecule has 1 aliphatic heterocycles. The first kappa shape index (κ1) is 13.5. The zero-order valence-corrected chi connectivity index (χ0v) is 11.0. The third-order valence-corrected chi connectivity index (χ3v) is 3.47. The number of nitrogens with two attached hydrogens (primary N) is 1. The summed E-state index contributed by atoms with van der Waals surface area (Å²) in [5.41, 5.74) is 6.70. The van der Waals surface area contributed by atoms with E-state index in [9.17, 15) is 4.39 Å². The summed E-state index contributed by atoms with van der Waals surface area (Å²) < 4.78 is 19.2. The second-order valence-corrected chi connectivity index (χ2v) is 5.07. The van der Waals surface area contributed by atoms with Gasteiger partial charge in [0, 0.05) is 30.7 Å². The van der Waals surface area contributed by atoms with Crippen LogP contribution in [-0.2, 0) is 4.74 Å². The molecule has 0 amide bonds. The van der Waals surface area contributed by atoms with Gasteiger partial charge in [-0.2, -0.15) is 0 Å². The van der Waals surface area contributed by atoms with Gasteiger partial charge in [-0.1, -0.05) is 18.2 Å². The van der Waals surface area contributed by atoms with E-state index in [2.05, 4.69) is 11.8 Å². The van der Waals surface area contributed by atoms with Crippen molar-refractivity contribution in [1.82, 2.24) is 4.90 Å². The maximum Gasteiger partial charge on any atom is 0.128 e. The van der Waals surface area contributed by atoms with Gasteiger partial charge in [-0.3, -0.25) is 4.90 Å². The van der Waals surface area contributed by atoms with E-state index in [0.29, 0.717) is 24.8 Å². The SMILES string of the molecule is CC1CN(CC(N)c2ccccc2F)C(C)CO1. The molecule has 3 unspecified atom stereocenters. The Bertz CT molecular complexity index is 399. The molecule has 1 saturated heterocycles. The van der Waals surface area contributed by atoms with Crippen molar-refractivity contribution in [2.24, 2.45) is 5.73 Å². The van der Waals surface area contributed by atoms with Crippen LogP contribution in [0.5, 0.6) is 0 Å². The zero-order valence-electron chi connectivity index (χ0n) is 11.0. The van der Waals surface area contributed by atoms with Crippen LogP contribution >= 0.6 is 0 Å². The number of rotatable bonds is 3. The van der Waals surface area contributed by atoms with Gasteiger partial charge < -0.3 is 10.5 Å². The van der Waals surface area contributed by atoms with Gasteiger partial charge in [0.25, 0.3) is 0 Å². The first-order valence-corrected chi connectivity index (χ1v) is 6.43. The maximum atomic E-state index is 13.6. The Hall–Kier alpha value is -0.970. The quantitative estimate of drug-likeness (QED) is 0.893. The van der Waals surface area contributed by atoms with Crippen LogP contribution < -0.4 is 5.73 Å². The predicted octanol–water partition coefficient (Wildman–Crippen LogP) is 1.93. The smallest absolute Gasteiger partial charge is 0.128 e. The number of benzene rings is 1. The highest BCUT2D eigenvalue weighted by molar-refractivity contribution is 5.21. The molecule has 100 valence electrons. The Morgan fingerprint density at radius 2 is 2.17 bits per heavy atom. The third kappa shape index (κ3) is 3.07. The van der Waals surface area contributed by atoms with E-state index in [-0.39, 0.29) is 18.0 Å². The Kier molecular flexibility index (Phi) is 4.32. The fourth-order valence-electron chi connectivity index (χ4n) is 2.35. The lowest BCUT2D eigenvalue weighted by Crippen LogP contribution is -2.49. The van der Waals surface area contributed by atoms with Crippen LogP contribution in [0.1, 0.15) is 25.5 Å². The van der Waals surface area contributed by atoms with E-state index in [1.165, 1.54) is 6.07 Å². The van der Waals surface area contributed by atoms with Crippen molar-refractivity contribution in [1.29, 1.82) is 0 Å². The largest absolute Gasteiger partial charge is 0.376 e. The maximum absolute atomic E-state index is 13.6. The lowest BCUT2D eigenvalue weighted by molar-refractivity contribution is -0.0511. The molecular formula is C14H21FN2O. The topological polar surface area (TPSA) is 38.5 Å². The van der Waals surface area contributed by atoms with Crippen LogP contribution in [0.25, 0.3) is 0 Å². The summed E-state index contributed by atoms with van der Waals surface area (Å²) >= 11 is 0. The van der Waals surface area contributed by atoms with Gasteiger partial charge in [0.2, 0.25) is 0 Å². The summed E-state index contributed by atoms with van der Waals surface area (Å²) in [4.78, 5) is 2.27. The molecule has 0 aromatic heterocycles. The number of hydrogen-bond donors (Lipinski definition) is 1. The Labute approximate surface area is 108 Å². The molecule has 0 spiro atoms. The molecule has 1 aromatic carbocycles. The first-order valence-electron chi connectivity index (χ1n) is 6.43. The molecule has 3 atom stereocenters. The van der Waals surface area contributed by atoms with Gasteiger partial charge in [-0.15, -0.1) is 0 Å². The number of ether oxygens (including phenoxy) is 1. The molecular weight excluding hydrogens is 231 g/mol. The molecule has 18 heavy (non-hydrogen) atoms. The number of halogens is 1. The minimum Gasteiger partial charge on any atom is -0.376 e. The lowest BCUT2D eigenvalue weighted by Gasteiger charge is -2.38. The van der Waals surface area contributed by atoms with Crippen LogP contribution in [-0.4, -0.2) is 36.7 Å².